The Morgan fingerprint density at radius 2 is 1.90 bits per heavy atom. The van der Waals surface area contributed by atoms with Crippen LogP contribution in [0.3, 0.4) is 0 Å². The molecule has 0 aromatic carbocycles. The number of anilines is 1. The average molecular weight is 407 g/mol. The van der Waals surface area contributed by atoms with E-state index in [4.69, 9.17) is 4.98 Å². The molecule has 0 aliphatic carbocycles. The van der Waals surface area contributed by atoms with E-state index in [1.165, 1.54) is 11.1 Å². The number of nitrogens with zero attached hydrogens (tertiary/aromatic N) is 6. The first-order valence-electron chi connectivity index (χ1n) is 10.7. The van der Waals surface area contributed by atoms with Gasteiger partial charge in [-0.2, -0.15) is 5.10 Å². The summed E-state index contributed by atoms with van der Waals surface area (Å²) in [6.07, 6.45) is 4.94. The van der Waals surface area contributed by atoms with E-state index in [-0.39, 0.29) is 11.9 Å². The zero-order valence-electron chi connectivity index (χ0n) is 18.3. The molecule has 7 nitrogen and oxygen atoms in total. The first-order chi connectivity index (χ1) is 14.5. The van der Waals surface area contributed by atoms with Gasteiger partial charge in [-0.1, -0.05) is 6.07 Å². The second kappa shape index (κ2) is 8.42. The maximum atomic E-state index is 12.8. The molecule has 0 unspecified atom stereocenters. The largest absolute Gasteiger partial charge is 0.353 e. The van der Waals surface area contributed by atoms with E-state index >= 15 is 0 Å². The molecule has 1 fully saturated rings. The van der Waals surface area contributed by atoms with Gasteiger partial charge in [-0.25, -0.2) is 14.6 Å². The zero-order valence-corrected chi connectivity index (χ0v) is 18.3. The third-order valence-electron chi connectivity index (χ3n) is 6.02. The number of fused-ring (bicyclic) bond motifs is 1. The van der Waals surface area contributed by atoms with Crippen molar-refractivity contribution >= 4 is 22.8 Å². The molecule has 7 heteroatoms. The summed E-state index contributed by atoms with van der Waals surface area (Å²) in [6.45, 7) is 11.5. The van der Waals surface area contributed by atoms with Gasteiger partial charge >= 0.3 is 0 Å². The van der Waals surface area contributed by atoms with Gasteiger partial charge in [0.2, 0.25) is 5.91 Å². The van der Waals surface area contributed by atoms with Gasteiger partial charge in [0.15, 0.2) is 5.65 Å². The van der Waals surface area contributed by atoms with E-state index in [1.54, 1.807) is 0 Å². The van der Waals surface area contributed by atoms with Crippen LogP contribution in [0.2, 0.25) is 0 Å². The fourth-order valence-corrected chi connectivity index (χ4v) is 4.25. The zero-order chi connectivity index (χ0) is 21.3. The van der Waals surface area contributed by atoms with Gasteiger partial charge in [0.05, 0.1) is 6.20 Å². The van der Waals surface area contributed by atoms with Crippen LogP contribution in [-0.2, 0) is 11.2 Å². The summed E-state index contributed by atoms with van der Waals surface area (Å²) in [5, 5.41) is 5.59. The highest BCUT2D eigenvalue weighted by atomic mass is 16.2. The summed E-state index contributed by atoms with van der Waals surface area (Å²) in [6, 6.07) is 6.22. The lowest BCUT2D eigenvalue weighted by Gasteiger charge is -2.35. The molecule has 1 aliphatic rings. The third kappa shape index (κ3) is 3.88. The number of aromatic nitrogens is 4. The SMILES string of the molecule is Cc1nc2c(cnn2C(C)C)c(C)c1CCC(=O)N1CCN(c2ccccn2)CC1. The fourth-order valence-electron chi connectivity index (χ4n) is 4.25. The van der Waals surface area contributed by atoms with Gasteiger partial charge in [0, 0.05) is 55.9 Å². The van der Waals surface area contributed by atoms with Crippen LogP contribution in [0.25, 0.3) is 11.0 Å². The lowest BCUT2D eigenvalue weighted by atomic mass is 10.00. The Balaban J connectivity index is 1.40. The van der Waals surface area contributed by atoms with Crippen molar-refractivity contribution in [2.75, 3.05) is 31.1 Å². The van der Waals surface area contributed by atoms with E-state index in [1.807, 2.05) is 47.1 Å². The summed E-state index contributed by atoms with van der Waals surface area (Å²) in [4.78, 5) is 26.3. The second-order valence-corrected chi connectivity index (χ2v) is 8.28. The minimum Gasteiger partial charge on any atom is -0.353 e. The van der Waals surface area contributed by atoms with E-state index in [0.717, 1.165) is 48.7 Å². The Morgan fingerprint density at radius 1 is 1.13 bits per heavy atom. The quantitative estimate of drug-likeness (QED) is 0.650. The Morgan fingerprint density at radius 3 is 2.57 bits per heavy atom. The molecule has 3 aromatic rings. The van der Waals surface area contributed by atoms with Crippen LogP contribution in [0.15, 0.2) is 30.6 Å². The van der Waals surface area contributed by atoms with Gasteiger partial charge in [-0.05, 0) is 57.4 Å². The third-order valence-corrected chi connectivity index (χ3v) is 6.02. The molecule has 4 heterocycles. The molecule has 4 rings (SSSR count). The van der Waals surface area contributed by atoms with Crippen molar-refractivity contribution in [2.45, 2.75) is 46.6 Å². The standard InChI is InChI=1S/C23H30N6O/c1-16(2)29-23-20(15-25-29)17(3)19(18(4)26-23)8-9-22(30)28-13-11-27(12-14-28)21-7-5-6-10-24-21/h5-7,10,15-16H,8-9,11-14H2,1-4H3. The summed E-state index contributed by atoms with van der Waals surface area (Å²) in [7, 11) is 0. The number of hydrogen-bond acceptors (Lipinski definition) is 5. The number of carbonyl (C=O) groups excluding carboxylic acids is 1. The molecule has 158 valence electrons. The van der Waals surface area contributed by atoms with Crippen molar-refractivity contribution in [1.29, 1.82) is 0 Å². The molecule has 0 saturated carbocycles. The van der Waals surface area contributed by atoms with Crippen LogP contribution in [0, 0.1) is 13.8 Å². The Labute approximate surface area is 177 Å². The lowest BCUT2D eigenvalue weighted by molar-refractivity contribution is -0.131. The number of aryl methyl sites for hydroxylation is 2. The molecule has 0 atom stereocenters. The predicted octanol–water partition coefficient (Wildman–Crippen LogP) is 3.31. The highest BCUT2D eigenvalue weighted by Crippen LogP contribution is 2.25. The van der Waals surface area contributed by atoms with Gasteiger partial charge < -0.3 is 9.80 Å². The molecule has 0 bridgehead atoms. The monoisotopic (exact) mass is 406 g/mol. The van der Waals surface area contributed by atoms with Crippen molar-refractivity contribution < 1.29 is 4.79 Å². The summed E-state index contributed by atoms with van der Waals surface area (Å²) in [5.41, 5.74) is 4.29. The number of rotatable bonds is 5. The normalized spacial score (nSPS) is 14.7. The highest BCUT2D eigenvalue weighted by Gasteiger charge is 2.22. The molecule has 1 amide bonds. The van der Waals surface area contributed by atoms with Crippen molar-refractivity contribution in [3.63, 3.8) is 0 Å². The van der Waals surface area contributed by atoms with Crippen LogP contribution in [0.5, 0.6) is 0 Å². The second-order valence-electron chi connectivity index (χ2n) is 8.28. The van der Waals surface area contributed by atoms with E-state index < -0.39 is 0 Å². The fraction of sp³-hybridized carbons (Fsp3) is 0.478. The summed E-state index contributed by atoms with van der Waals surface area (Å²) < 4.78 is 1.96. The molecule has 3 aromatic heterocycles. The molecule has 30 heavy (non-hydrogen) atoms. The van der Waals surface area contributed by atoms with Crippen LogP contribution in [0.4, 0.5) is 5.82 Å². The van der Waals surface area contributed by atoms with Crippen LogP contribution in [-0.4, -0.2) is 56.7 Å². The van der Waals surface area contributed by atoms with Crippen molar-refractivity contribution in [3.8, 4) is 0 Å². The average Bonchev–Trinajstić information content (AvgIpc) is 3.18. The van der Waals surface area contributed by atoms with Gasteiger partial charge in [0.25, 0.3) is 0 Å². The Bertz CT molecular complexity index is 1030. The number of hydrogen-bond donors (Lipinski definition) is 0. The van der Waals surface area contributed by atoms with Crippen LogP contribution in [0.1, 0.15) is 43.1 Å². The summed E-state index contributed by atoms with van der Waals surface area (Å²) in [5.74, 6) is 1.20. The molecule has 1 saturated heterocycles. The number of pyridine rings is 2. The minimum atomic E-state index is 0.215. The Hall–Kier alpha value is -2.96. The Kier molecular flexibility index (Phi) is 5.70. The first-order valence-corrected chi connectivity index (χ1v) is 10.7. The smallest absolute Gasteiger partial charge is 0.223 e. The van der Waals surface area contributed by atoms with Gasteiger partial charge in [0.1, 0.15) is 5.82 Å². The van der Waals surface area contributed by atoms with Crippen molar-refractivity contribution in [2.24, 2.45) is 0 Å². The molecule has 0 N–H and O–H groups in total. The predicted molar refractivity (Wildman–Crippen MR) is 119 cm³/mol. The van der Waals surface area contributed by atoms with E-state index in [9.17, 15) is 4.79 Å². The molecule has 0 radical (unpaired) electrons. The van der Waals surface area contributed by atoms with Crippen LogP contribution >= 0.6 is 0 Å². The topological polar surface area (TPSA) is 67.2 Å². The minimum absolute atomic E-state index is 0.215. The number of carbonyl (C=O) groups is 1. The molecular formula is C23H30N6O. The van der Waals surface area contributed by atoms with Gasteiger partial charge in [-0.3, -0.25) is 4.79 Å². The first kappa shape index (κ1) is 20.3. The lowest BCUT2D eigenvalue weighted by Crippen LogP contribution is -2.49. The number of amides is 1. The maximum Gasteiger partial charge on any atom is 0.223 e. The van der Waals surface area contributed by atoms with Crippen LogP contribution < -0.4 is 4.90 Å². The molecule has 0 spiro atoms. The molecular weight excluding hydrogens is 376 g/mol. The maximum absolute atomic E-state index is 12.8. The van der Waals surface area contributed by atoms with E-state index in [0.29, 0.717) is 12.8 Å². The van der Waals surface area contributed by atoms with E-state index in [2.05, 4.69) is 35.8 Å². The van der Waals surface area contributed by atoms with Crippen molar-refractivity contribution in [1.82, 2.24) is 24.6 Å². The molecule has 1 aliphatic heterocycles. The highest BCUT2D eigenvalue weighted by molar-refractivity contribution is 5.81. The number of piperazine rings is 1. The van der Waals surface area contributed by atoms with Crippen molar-refractivity contribution in [3.05, 3.63) is 47.4 Å². The van der Waals surface area contributed by atoms with Gasteiger partial charge in [-0.15, -0.1) is 0 Å². The summed E-state index contributed by atoms with van der Waals surface area (Å²) >= 11 is 0.